The lowest BCUT2D eigenvalue weighted by Gasteiger charge is -2.26. The lowest BCUT2D eigenvalue weighted by molar-refractivity contribution is 0.386. The summed E-state index contributed by atoms with van der Waals surface area (Å²) in [7, 11) is 0. The topological polar surface area (TPSA) is 73.9 Å². The van der Waals surface area contributed by atoms with Crippen molar-refractivity contribution in [2.24, 2.45) is 5.73 Å². The average molecular weight is 771 g/mol. The molecule has 0 heterocycles. The van der Waals surface area contributed by atoms with Crippen molar-refractivity contribution in [2.75, 3.05) is 0 Å². The zero-order chi connectivity index (χ0) is 40.4. The molecule has 0 aliphatic carbocycles. The van der Waals surface area contributed by atoms with E-state index in [1.807, 2.05) is 42.5 Å². The number of fused-ring (bicyclic) bond motifs is 5. The molecule has 10 rings (SSSR count). The van der Waals surface area contributed by atoms with E-state index in [9.17, 15) is 5.26 Å². The number of hydrogen-bond donors (Lipinski definition) is 3. The third kappa shape index (κ3) is 6.98. The van der Waals surface area contributed by atoms with Crippen molar-refractivity contribution in [2.45, 2.75) is 18.9 Å². The van der Waals surface area contributed by atoms with Crippen molar-refractivity contribution in [3.8, 4) is 39.4 Å². The molecule has 4 heteroatoms. The van der Waals surface area contributed by atoms with E-state index < -0.39 is 6.17 Å². The highest BCUT2D eigenvalue weighted by Crippen LogP contribution is 2.47. The van der Waals surface area contributed by atoms with Crippen LogP contribution in [-0.4, -0.2) is 0 Å². The molecule has 4 N–H and O–H groups in total. The molecule has 10 aromatic carbocycles. The second-order valence-electron chi connectivity index (χ2n) is 15.4. The van der Waals surface area contributed by atoms with Gasteiger partial charge in [0.25, 0.3) is 0 Å². The van der Waals surface area contributed by atoms with Crippen LogP contribution < -0.4 is 16.4 Å². The number of nitriles is 1. The van der Waals surface area contributed by atoms with Crippen LogP contribution in [0.2, 0.25) is 0 Å². The van der Waals surface area contributed by atoms with E-state index in [0.29, 0.717) is 12.1 Å². The van der Waals surface area contributed by atoms with Crippen LogP contribution in [-0.2, 0) is 6.54 Å². The number of nitrogens with one attached hydrogen (secondary N) is 2. The van der Waals surface area contributed by atoms with Gasteiger partial charge in [0.1, 0.15) is 0 Å². The van der Waals surface area contributed by atoms with E-state index >= 15 is 0 Å². The molecule has 0 spiro atoms. The van der Waals surface area contributed by atoms with E-state index in [0.717, 1.165) is 33.4 Å². The molecule has 60 heavy (non-hydrogen) atoms. The van der Waals surface area contributed by atoms with Gasteiger partial charge in [0, 0.05) is 6.54 Å². The van der Waals surface area contributed by atoms with Gasteiger partial charge in [0.15, 0.2) is 0 Å². The first-order chi connectivity index (χ1) is 29.6. The van der Waals surface area contributed by atoms with E-state index in [2.05, 4.69) is 180 Å². The molecular formula is C56H42N4. The Hall–Kier alpha value is -7.39. The molecule has 4 nitrogen and oxygen atoms in total. The molecule has 2 unspecified atom stereocenters. The standard InChI is InChI=1S/C56H42N4/c57-35-37-24-26-39(27-25-37)45-18-10-12-38(34-45)36-59-56(60-55(58)43-15-2-1-3-16-43)44-30-28-42(29-31-44)52-49-21-8-9-22-50(49)54(48-23-11-17-40-13-4-6-19-46(40)48)53-47-20-7-5-14-41(47)32-33-51(52)53/h1-34,55-56,59-60H,36,58H2. The average Bonchev–Trinajstić information content (AvgIpc) is 3.32. The summed E-state index contributed by atoms with van der Waals surface area (Å²) in [4.78, 5) is 0. The Morgan fingerprint density at radius 3 is 1.83 bits per heavy atom. The SMILES string of the molecule is N#Cc1ccc(-c2cccc(CNC(NC(N)c3ccccc3)c3ccc(-c4c5ccccc5c(-c5cccc6ccccc56)c5c4ccc4ccccc45)cc3)c2)cc1. The van der Waals surface area contributed by atoms with E-state index in [1.54, 1.807) is 0 Å². The monoisotopic (exact) mass is 770 g/mol. The second-order valence-corrected chi connectivity index (χ2v) is 15.4. The molecule has 0 radical (unpaired) electrons. The van der Waals surface area contributed by atoms with Crippen LogP contribution in [0, 0.1) is 11.3 Å². The predicted molar refractivity (Wildman–Crippen MR) is 250 cm³/mol. The molecular weight excluding hydrogens is 729 g/mol. The molecule has 2 atom stereocenters. The molecule has 0 bridgehead atoms. The maximum absolute atomic E-state index is 9.29. The summed E-state index contributed by atoms with van der Waals surface area (Å²) in [6.45, 7) is 0.614. The molecule has 0 amide bonds. The molecule has 0 fully saturated rings. The summed E-state index contributed by atoms with van der Waals surface area (Å²) in [6, 6.07) is 75.2. The Labute approximate surface area is 350 Å². The zero-order valence-electron chi connectivity index (χ0n) is 33.0. The molecule has 0 saturated carbocycles. The smallest absolute Gasteiger partial charge is 0.0991 e. The van der Waals surface area contributed by atoms with Gasteiger partial charge in [-0.05, 0) is 111 Å². The van der Waals surface area contributed by atoms with Gasteiger partial charge in [-0.15, -0.1) is 0 Å². The minimum absolute atomic E-state index is 0.251. The van der Waals surface area contributed by atoms with E-state index in [4.69, 9.17) is 5.73 Å². The molecule has 0 saturated heterocycles. The van der Waals surface area contributed by atoms with Crippen molar-refractivity contribution < 1.29 is 0 Å². The van der Waals surface area contributed by atoms with Crippen molar-refractivity contribution in [1.29, 1.82) is 5.26 Å². The maximum atomic E-state index is 9.29. The van der Waals surface area contributed by atoms with Crippen LogP contribution in [0.25, 0.3) is 76.5 Å². The van der Waals surface area contributed by atoms with Gasteiger partial charge in [-0.1, -0.05) is 188 Å². The summed E-state index contributed by atoms with van der Waals surface area (Å²) in [6.07, 6.45) is -0.643. The van der Waals surface area contributed by atoms with Crippen molar-refractivity contribution in [1.82, 2.24) is 10.6 Å². The fourth-order valence-electron chi connectivity index (χ4n) is 8.85. The summed E-state index contributed by atoms with van der Waals surface area (Å²) >= 11 is 0. The van der Waals surface area contributed by atoms with Gasteiger partial charge in [-0.25, -0.2) is 0 Å². The molecule has 0 aliphatic heterocycles. The molecule has 286 valence electrons. The summed E-state index contributed by atoms with van der Waals surface area (Å²) in [5, 5.41) is 26.7. The third-order valence-electron chi connectivity index (χ3n) is 11.8. The summed E-state index contributed by atoms with van der Waals surface area (Å²) < 4.78 is 0. The Bertz CT molecular complexity index is 3200. The number of nitrogens with zero attached hydrogens (tertiary/aromatic N) is 1. The minimum atomic E-state index is -0.392. The number of benzene rings is 10. The Kier molecular flexibility index (Phi) is 9.91. The van der Waals surface area contributed by atoms with Crippen LogP contribution in [0.5, 0.6) is 0 Å². The lowest BCUT2D eigenvalue weighted by Crippen LogP contribution is -2.39. The molecule has 0 aliphatic rings. The third-order valence-corrected chi connectivity index (χ3v) is 11.8. The Balaban J connectivity index is 1.07. The first-order valence-electron chi connectivity index (χ1n) is 20.5. The van der Waals surface area contributed by atoms with Crippen LogP contribution >= 0.6 is 0 Å². The normalized spacial score (nSPS) is 12.5. The Morgan fingerprint density at radius 2 is 1.08 bits per heavy atom. The molecule has 10 aromatic rings. The van der Waals surface area contributed by atoms with E-state index in [1.165, 1.54) is 59.8 Å². The quantitative estimate of drug-likeness (QED) is 0.0735. The Morgan fingerprint density at radius 1 is 0.467 bits per heavy atom. The maximum Gasteiger partial charge on any atom is 0.0991 e. The van der Waals surface area contributed by atoms with Gasteiger partial charge < -0.3 is 5.73 Å². The van der Waals surface area contributed by atoms with Crippen LogP contribution in [0.1, 0.15) is 34.6 Å². The highest BCUT2D eigenvalue weighted by Gasteiger charge is 2.21. The highest BCUT2D eigenvalue weighted by molar-refractivity contribution is 6.29. The van der Waals surface area contributed by atoms with Crippen LogP contribution in [0.3, 0.4) is 0 Å². The lowest BCUT2D eigenvalue weighted by atomic mass is 9.83. The zero-order valence-corrected chi connectivity index (χ0v) is 33.0. The minimum Gasteiger partial charge on any atom is -0.312 e. The predicted octanol–water partition coefficient (Wildman–Crippen LogP) is 13.2. The van der Waals surface area contributed by atoms with Gasteiger partial charge in [0.05, 0.1) is 24.0 Å². The summed E-state index contributed by atoms with van der Waals surface area (Å²) in [5.41, 5.74) is 17.8. The highest BCUT2D eigenvalue weighted by atomic mass is 15.2. The van der Waals surface area contributed by atoms with E-state index in [-0.39, 0.29) is 6.17 Å². The van der Waals surface area contributed by atoms with Crippen molar-refractivity contribution >= 4 is 43.1 Å². The first-order valence-corrected chi connectivity index (χ1v) is 20.5. The second kappa shape index (κ2) is 16.1. The molecule has 0 aromatic heterocycles. The van der Waals surface area contributed by atoms with Crippen molar-refractivity contribution in [3.05, 3.63) is 229 Å². The van der Waals surface area contributed by atoms with Gasteiger partial charge in [0.2, 0.25) is 0 Å². The number of rotatable bonds is 10. The van der Waals surface area contributed by atoms with Crippen LogP contribution in [0.4, 0.5) is 0 Å². The van der Waals surface area contributed by atoms with Gasteiger partial charge in [-0.3, -0.25) is 10.6 Å². The fourth-order valence-corrected chi connectivity index (χ4v) is 8.85. The number of hydrogen-bond acceptors (Lipinski definition) is 4. The number of nitrogens with two attached hydrogens (primary N) is 1. The van der Waals surface area contributed by atoms with Crippen molar-refractivity contribution in [3.63, 3.8) is 0 Å². The summed E-state index contributed by atoms with van der Waals surface area (Å²) in [5.74, 6) is 0. The first kappa shape index (κ1) is 36.9. The van der Waals surface area contributed by atoms with Crippen LogP contribution in [0.15, 0.2) is 206 Å². The van der Waals surface area contributed by atoms with Gasteiger partial charge >= 0.3 is 0 Å². The fraction of sp³-hybridized carbons (Fsp3) is 0.0536. The van der Waals surface area contributed by atoms with Gasteiger partial charge in [-0.2, -0.15) is 5.26 Å². The largest absolute Gasteiger partial charge is 0.312 e.